The molecule has 0 aromatic rings. The minimum atomic E-state index is -1.32. The Morgan fingerprint density at radius 3 is 2.47 bits per heavy atom. The molecular formula is C8H10ClNO5. The van der Waals surface area contributed by atoms with E-state index in [0.717, 1.165) is 4.90 Å². The van der Waals surface area contributed by atoms with E-state index in [-0.39, 0.29) is 13.0 Å². The van der Waals surface area contributed by atoms with E-state index >= 15 is 0 Å². The molecule has 2 unspecified atom stereocenters. The highest BCUT2D eigenvalue weighted by molar-refractivity contribution is 6.22. The molecule has 1 rings (SSSR count). The third-order valence-electron chi connectivity index (χ3n) is 2.14. The number of alkyl halides is 1. The predicted octanol–water partition coefficient (Wildman–Crippen LogP) is -0.246. The lowest BCUT2D eigenvalue weighted by Gasteiger charge is -2.22. The number of amides is 1. The molecule has 2 N–H and O–H groups in total. The first kappa shape index (κ1) is 11.8. The molecule has 84 valence electrons. The Morgan fingerprint density at radius 2 is 2.13 bits per heavy atom. The first-order valence-electron chi connectivity index (χ1n) is 4.30. The number of carbonyl (C=O) groups is 3. The van der Waals surface area contributed by atoms with Gasteiger partial charge in [-0.25, -0.2) is 4.79 Å². The van der Waals surface area contributed by atoms with Crippen LogP contribution in [0, 0.1) is 0 Å². The van der Waals surface area contributed by atoms with Gasteiger partial charge in [0.25, 0.3) is 0 Å². The van der Waals surface area contributed by atoms with Gasteiger partial charge in [0.15, 0.2) is 0 Å². The van der Waals surface area contributed by atoms with Crippen LogP contribution in [0.4, 0.5) is 0 Å². The monoisotopic (exact) mass is 235 g/mol. The van der Waals surface area contributed by atoms with Crippen LogP contribution in [0.5, 0.6) is 0 Å². The lowest BCUT2D eigenvalue weighted by atomic mass is 10.2. The predicted molar refractivity (Wildman–Crippen MR) is 49.6 cm³/mol. The van der Waals surface area contributed by atoms with Crippen LogP contribution in [0.2, 0.25) is 0 Å². The zero-order valence-corrected chi connectivity index (χ0v) is 8.48. The maximum atomic E-state index is 11.3. The van der Waals surface area contributed by atoms with E-state index in [1.54, 1.807) is 0 Å². The number of aliphatic carboxylic acids is 2. The van der Waals surface area contributed by atoms with Gasteiger partial charge in [0.1, 0.15) is 6.04 Å². The minimum absolute atomic E-state index is 0.0605. The molecule has 0 spiro atoms. The lowest BCUT2D eigenvalue weighted by Crippen LogP contribution is -2.43. The average Bonchev–Trinajstić information content (AvgIpc) is 2.40. The molecule has 1 aliphatic rings. The zero-order chi connectivity index (χ0) is 11.6. The number of carboxylic acid groups (broad SMARTS) is 2. The van der Waals surface area contributed by atoms with Gasteiger partial charge in [0.2, 0.25) is 5.91 Å². The van der Waals surface area contributed by atoms with Crippen LogP contribution in [0.3, 0.4) is 0 Å². The second-order valence-corrected chi connectivity index (χ2v) is 3.92. The minimum Gasteiger partial charge on any atom is -0.481 e. The summed E-state index contributed by atoms with van der Waals surface area (Å²) in [5.41, 5.74) is 0. The fraction of sp³-hybridized carbons (Fsp3) is 0.625. The van der Waals surface area contributed by atoms with Crippen LogP contribution < -0.4 is 0 Å². The smallest absolute Gasteiger partial charge is 0.327 e. The van der Waals surface area contributed by atoms with Gasteiger partial charge >= 0.3 is 11.9 Å². The summed E-state index contributed by atoms with van der Waals surface area (Å²) in [5, 5.41) is 16.9. The number of likely N-dealkylation sites (tertiary alicyclic amines) is 1. The van der Waals surface area contributed by atoms with E-state index in [0.29, 0.717) is 0 Å². The van der Waals surface area contributed by atoms with Crippen LogP contribution in [0.1, 0.15) is 12.8 Å². The second kappa shape index (κ2) is 4.48. The Labute approximate surface area is 90.4 Å². The highest BCUT2D eigenvalue weighted by Gasteiger charge is 2.37. The van der Waals surface area contributed by atoms with Gasteiger partial charge in [-0.05, 0) is 0 Å². The third kappa shape index (κ3) is 2.82. The van der Waals surface area contributed by atoms with E-state index in [9.17, 15) is 14.4 Å². The number of carboxylic acids is 2. The maximum Gasteiger partial charge on any atom is 0.327 e. The topological polar surface area (TPSA) is 94.9 Å². The molecule has 1 aliphatic heterocycles. The van der Waals surface area contributed by atoms with Crippen LogP contribution in [0.25, 0.3) is 0 Å². The number of nitrogens with zero attached hydrogens (tertiary/aromatic N) is 1. The molecule has 1 saturated heterocycles. The lowest BCUT2D eigenvalue weighted by molar-refractivity contribution is -0.153. The van der Waals surface area contributed by atoms with Crippen LogP contribution in [0.15, 0.2) is 0 Å². The van der Waals surface area contributed by atoms with E-state index in [1.165, 1.54) is 0 Å². The van der Waals surface area contributed by atoms with Gasteiger partial charge < -0.3 is 15.1 Å². The summed E-state index contributed by atoms with van der Waals surface area (Å²) in [7, 11) is 0. The molecule has 0 aliphatic carbocycles. The summed E-state index contributed by atoms with van der Waals surface area (Å²) in [6, 6.07) is -1.32. The molecule has 0 bridgehead atoms. The van der Waals surface area contributed by atoms with Crippen LogP contribution in [-0.4, -0.2) is 50.9 Å². The van der Waals surface area contributed by atoms with Crippen molar-refractivity contribution in [2.24, 2.45) is 0 Å². The fourth-order valence-corrected chi connectivity index (χ4v) is 1.76. The highest BCUT2D eigenvalue weighted by atomic mass is 35.5. The van der Waals surface area contributed by atoms with E-state index in [2.05, 4.69) is 0 Å². The molecule has 0 saturated carbocycles. The van der Waals surface area contributed by atoms with Crippen LogP contribution >= 0.6 is 11.6 Å². The number of carbonyl (C=O) groups excluding carboxylic acids is 1. The third-order valence-corrected chi connectivity index (χ3v) is 2.43. The van der Waals surface area contributed by atoms with E-state index in [1.807, 2.05) is 0 Å². The number of halogens is 1. The van der Waals surface area contributed by atoms with Crippen molar-refractivity contribution < 1.29 is 24.6 Å². The van der Waals surface area contributed by atoms with Gasteiger partial charge in [0.05, 0.1) is 11.8 Å². The normalized spacial score (nSPS) is 22.9. The Balaban J connectivity index is 2.76. The molecule has 1 amide bonds. The summed E-state index contributed by atoms with van der Waals surface area (Å²) in [6.07, 6.45) is -0.546. The first-order valence-corrected chi connectivity index (χ1v) is 4.73. The molecule has 6 nitrogen and oxygen atoms in total. The summed E-state index contributed by atoms with van der Waals surface area (Å²) in [5.74, 6) is -2.99. The Morgan fingerprint density at radius 1 is 1.53 bits per heavy atom. The van der Waals surface area contributed by atoms with Crippen molar-refractivity contribution in [3.8, 4) is 0 Å². The number of hydrogen-bond acceptors (Lipinski definition) is 3. The van der Waals surface area contributed by atoms with Crippen molar-refractivity contribution in [1.82, 2.24) is 4.90 Å². The molecule has 0 radical (unpaired) electrons. The van der Waals surface area contributed by atoms with Crippen molar-refractivity contribution in [1.29, 1.82) is 0 Å². The standard InChI is InChI=1S/C8H10ClNO5/c9-4-1-6(11)10(3-4)5(8(14)15)2-7(12)13/h4-5H,1-3H2,(H,12,13)(H,14,15). The van der Waals surface area contributed by atoms with E-state index < -0.39 is 35.7 Å². The van der Waals surface area contributed by atoms with Crippen molar-refractivity contribution in [3.05, 3.63) is 0 Å². The summed E-state index contributed by atoms with van der Waals surface area (Å²) >= 11 is 5.68. The van der Waals surface area contributed by atoms with Crippen molar-refractivity contribution in [2.45, 2.75) is 24.3 Å². The van der Waals surface area contributed by atoms with Crippen molar-refractivity contribution >= 4 is 29.4 Å². The Kier molecular flexibility index (Phi) is 3.52. The average molecular weight is 236 g/mol. The van der Waals surface area contributed by atoms with E-state index in [4.69, 9.17) is 21.8 Å². The summed E-state index contributed by atoms with van der Waals surface area (Å²) in [6.45, 7) is 0.0879. The molecule has 1 fully saturated rings. The van der Waals surface area contributed by atoms with Crippen LogP contribution in [-0.2, 0) is 14.4 Å². The van der Waals surface area contributed by atoms with Crippen molar-refractivity contribution in [2.75, 3.05) is 6.54 Å². The molecule has 0 aromatic heterocycles. The molecule has 15 heavy (non-hydrogen) atoms. The van der Waals surface area contributed by atoms with Gasteiger partial charge in [-0.1, -0.05) is 0 Å². The number of rotatable bonds is 4. The Bertz CT molecular complexity index is 305. The summed E-state index contributed by atoms with van der Waals surface area (Å²) < 4.78 is 0. The maximum absolute atomic E-state index is 11.3. The zero-order valence-electron chi connectivity index (χ0n) is 7.72. The summed E-state index contributed by atoms with van der Waals surface area (Å²) in [4.78, 5) is 33.5. The largest absolute Gasteiger partial charge is 0.481 e. The quantitative estimate of drug-likeness (QED) is 0.656. The molecule has 1 heterocycles. The number of hydrogen-bond donors (Lipinski definition) is 2. The van der Waals surface area contributed by atoms with Gasteiger partial charge in [-0.3, -0.25) is 9.59 Å². The fourth-order valence-electron chi connectivity index (χ4n) is 1.48. The molecule has 0 aromatic carbocycles. The van der Waals surface area contributed by atoms with Gasteiger partial charge in [-0.15, -0.1) is 11.6 Å². The highest BCUT2D eigenvalue weighted by Crippen LogP contribution is 2.20. The van der Waals surface area contributed by atoms with Gasteiger partial charge in [-0.2, -0.15) is 0 Å². The molecule has 7 heteroatoms. The molecular weight excluding hydrogens is 226 g/mol. The molecule has 2 atom stereocenters. The Hall–Kier alpha value is -1.30. The van der Waals surface area contributed by atoms with Gasteiger partial charge in [0, 0.05) is 13.0 Å². The van der Waals surface area contributed by atoms with Crippen molar-refractivity contribution in [3.63, 3.8) is 0 Å². The second-order valence-electron chi connectivity index (χ2n) is 3.30. The SMILES string of the molecule is O=C(O)CC(C(=O)O)N1CC(Cl)CC1=O. The first-order chi connectivity index (χ1) is 6.91.